The van der Waals surface area contributed by atoms with E-state index in [1.54, 1.807) is 0 Å². The van der Waals surface area contributed by atoms with Crippen molar-refractivity contribution in [1.82, 2.24) is 4.90 Å². The third-order valence-electron chi connectivity index (χ3n) is 3.12. The van der Waals surface area contributed by atoms with Gasteiger partial charge < -0.3 is 10.0 Å². The van der Waals surface area contributed by atoms with Crippen LogP contribution in [0.5, 0.6) is 0 Å². The van der Waals surface area contributed by atoms with Crippen LogP contribution in [0.2, 0.25) is 5.02 Å². The molecule has 0 aromatic heterocycles. The summed E-state index contributed by atoms with van der Waals surface area (Å²) in [6.07, 6.45) is 1.55. The zero-order chi connectivity index (χ0) is 14.2. The molecule has 1 saturated carbocycles. The van der Waals surface area contributed by atoms with E-state index < -0.39 is 23.7 Å². The summed E-state index contributed by atoms with van der Waals surface area (Å²) in [4.78, 5) is 24.6. The van der Waals surface area contributed by atoms with Gasteiger partial charge in [0.05, 0.1) is 5.02 Å². The van der Waals surface area contributed by atoms with Gasteiger partial charge in [-0.05, 0) is 38.0 Å². The van der Waals surface area contributed by atoms with Crippen LogP contribution < -0.4 is 0 Å². The molecule has 2 rings (SSSR count). The molecular weight excluding hydrogens is 273 g/mol. The molecule has 1 unspecified atom stereocenters. The maximum atomic E-state index is 13.4. The Morgan fingerprint density at radius 2 is 2.11 bits per heavy atom. The van der Waals surface area contributed by atoms with E-state index in [2.05, 4.69) is 0 Å². The van der Waals surface area contributed by atoms with Crippen LogP contribution >= 0.6 is 11.6 Å². The van der Waals surface area contributed by atoms with Crippen molar-refractivity contribution in [2.75, 3.05) is 0 Å². The van der Waals surface area contributed by atoms with Gasteiger partial charge >= 0.3 is 5.97 Å². The van der Waals surface area contributed by atoms with Gasteiger partial charge in [-0.1, -0.05) is 11.6 Å². The van der Waals surface area contributed by atoms with Gasteiger partial charge in [-0.3, -0.25) is 4.79 Å². The minimum Gasteiger partial charge on any atom is -0.480 e. The van der Waals surface area contributed by atoms with Crippen molar-refractivity contribution in [2.45, 2.75) is 31.8 Å². The number of amides is 1. The van der Waals surface area contributed by atoms with E-state index in [-0.39, 0.29) is 16.6 Å². The molecule has 1 fully saturated rings. The number of halogens is 2. The Kier molecular flexibility index (Phi) is 3.75. The summed E-state index contributed by atoms with van der Waals surface area (Å²) >= 11 is 5.56. The molecule has 1 aliphatic rings. The fourth-order valence-electron chi connectivity index (χ4n) is 1.91. The molecule has 1 N–H and O–H groups in total. The fourth-order valence-corrected chi connectivity index (χ4v) is 2.03. The second-order valence-corrected chi connectivity index (χ2v) is 4.99. The van der Waals surface area contributed by atoms with Gasteiger partial charge in [0, 0.05) is 11.6 Å². The lowest BCUT2D eigenvalue weighted by molar-refractivity contribution is -0.141. The number of carboxylic acid groups (broad SMARTS) is 1. The highest BCUT2D eigenvalue weighted by molar-refractivity contribution is 6.30. The Balaban J connectivity index is 2.28. The molecule has 1 amide bonds. The topological polar surface area (TPSA) is 57.6 Å². The van der Waals surface area contributed by atoms with Crippen molar-refractivity contribution in [3.63, 3.8) is 0 Å². The van der Waals surface area contributed by atoms with Crippen molar-refractivity contribution in [2.24, 2.45) is 0 Å². The first-order valence-electron chi connectivity index (χ1n) is 5.92. The van der Waals surface area contributed by atoms with Gasteiger partial charge in [0.25, 0.3) is 5.91 Å². The molecule has 102 valence electrons. The largest absolute Gasteiger partial charge is 0.480 e. The normalized spacial score (nSPS) is 15.9. The Morgan fingerprint density at radius 3 is 2.58 bits per heavy atom. The summed E-state index contributed by atoms with van der Waals surface area (Å²) in [5.41, 5.74) is 0.113. The van der Waals surface area contributed by atoms with Crippen LogP contribution in [0.4, 0.5) is 4.39 Å². The van der Waals surface area contributed by atoms with E-state index in [0.717, 1.165) is 18.9 Å². The lowest BCUT2D eigenvalue weighted by atomic mass is 10.1. The Labute approximate surface area is 114 Å². The van der Waals surface area contributed by atoms with Crippen LogP contribution in [0.15, 0.2) is 18.2 Å². The number of carbonyl (C=O) groups is 2. The van der Waals surface area contributed by atoms with Crippen LogP contribution in [0.3, 0.4) is 0 Å². The summed E-state index contributed by atoms with van der Waals surface area (Å²) in [5, 5.41) is 8.97. The highest BCUT2D eigenvalue weighted by atomic mass is 35.5. The predicted molar refractivity (Wildman–Crippen MR) is 67.7 cm³/mol. The molecule has 1 aromatic rings. The maximum Gasteiger partial charge on any atom is 0.326 e. The second kappa shape index (κ2) is 5.17. The third-order valence-corrected chi connectivity index (χ3v) is 3.42. The molecule has 4 nitrogen and oxygen atoms in total. The quantitative estimate of drug-likeness (QED) is 0.925. The first-order chi connectivity index (χ1) is 8.91. The summed E-state index contributed by atoms with van der Waals surface area (Å²) in [6, 6.07) is 2.73. The van der Waals surface area contributed by atoms with E-state index in [4.69, 9.17) is 16.7 Å². The summed E-state index contributed by atoms with van der Waals surface area (Å²) in [6.45, 7) is 1.45. The summed E-state index contributed by atoms with van der Waals surface area (Å²) in [7, 11) is 0. The Hall–Kier alpha value is -1.62. The maximum absolute atomic E-state index is 13.4. The predicted octanol–water partition coefficient (Wildman–Crippen LogP) is 2.56. The zero-order valence-corrected chi connectivity index (χ0v) is 11.0. The molecule has 0 bridgehead atoms. The number of hydrogen-bond acceptors (Lipinski definition) is 2. The smallest absolute Gasteiger partial charge is 0.326 e. The number of hydrogen-bond donors (Lipinski definition) is 1. The van der Waals surface area contributed by atoms with E-state index in [1.807, 2.05) is 0 Å². The number of rotatable bonds is 4. The van der Waals surface area contributed by atoms with Gasteiger partial charge in [-0.25, -0.2) is 9.18 Å². The number of aliphatic carboxylic acids is 1. The third kappa shape index (κ3) is 2.87. The molecule has 19 heavy (non-hydrogen) atoms. The highest BCUT2D eigenvalue weighted by Crippen LogP contribution is 2.30. The minimum absolute atomic E-state index is 0.0687. The number of carboxylic acids is 1. The SMILES string of the molecule is CC(C(=O)O)N(C(=O)c1ccc(Cl)c(F)c1)C1CC1. The van der Waals surface area contributed by atoms with E-state index >= 15 is 0 Å². The molecular formula is C13H13ClFNO3. The highest BCUT2D eigenvalue weighted by Gasteiger charge is 2.38. The summed E-state index contributed by atoms with van der Waals surface area (Å²) in [5.74, 6) is -2.24. The lowest BCUT2D eigenvalue weighted by Crippen LogP contribution is -2.44. The van der Waals surface area contributed by atoms with Crippen molar-refractivity contribution in [1.29, 1.82) is 0 Å². The van der Waals surface area contributed by atoms with Crippen molar-refractivity contribution >= 4 is 23.5 Å². The number of carbonyl (C=O) groups excluding carboxylic acids is 1. The Bertz CT molecular complexity index is 531. The fraction of sp³-hybridized carbons (Fsp3) is 0.385. The van der Waals surface area contributed by atoms with Crippen molar-refractivity contribution < 1.29 is 19.1 Å². The number of nitrogens with zero attached hydrogens (tertiary/aromatic N) is 1. The molecule has 1 aromatic carbocycles. The van der Waals surface area contributed by atoms with Crippen LogP contribution in [0.25, 0.3) is 0 Å². The van der Waals surface area contributed by atoms with E-state index in [9.17, 15) is 14.0 Å². The molecule has 0 heterocycles. The van der Waals surface area contributed by atoms with Crippen LogP contribution in [0, 0.1) is 5.82 Å². The average molecular weight is 286 g/mol. The van der Waals surface area contributed by atoms with E-state index in [1.165, 1.54) is 24.0 Å². The molecule has 1 atom stereocenters. The molecule has 1 aliphatic carbocycles. The van der Waals surface area contributed by atoms with Gasteiger partial charge in [0.1, 0.15) is 11.9 Å². The minimum atomic E-state index is -1.07. The van der Waals surface area contributed by atoms with Gasteiger partial charge in [-0.15, -0.1) is 0 Å². The molecule has 0 saturated heterocycles. The second-order valence-electron chi connectivity index (χ2n) is 4.59. The Morgan fingerprint density at radius 1 is 1.47 bits per heavy atom. The average Bonchev–Trinajstić information content (AvgIpc) is 3.17. The molecule has 0 aliphatic heterocycles. The zero-order valence-electron chi connectivity index (χ0n) is 10.3. The van der Waals surface area contributed by atoms with Gasteiger partial charge in [0.15, 0.2) is 0 Å². The van der Waals surface area contributed by atoms with Crippen LogP contribution in [-0.2, 0) is 4.79 Å². The standard InChI is InChI=1S/C13H13ClFNO3/c1-7(13(18)19)16(9-3-4-9)12(17)8-2-5-10(14)11(15)6-8/h2,5-7,9H,3-4H2,1H3,(H,18,19). The van der Waals surface area contributed by atoms with Gasteiger partial charge in [-0.2, -0.15) is 0 Å². The number of benzene rings is 1. The van der Waals surface area contributed by atoms with E-state index in [0.29, 0.717) is 0 Å². The monoisotopic (exact) mass is 285 g/mol. The lowest BCUT2D eigenvalue weighted by Gasteiger charge is -2.26. The molecule has 6 heteroatoms. The van der Waals surface area contributed by atoms with Gasteiger partial charge in [0.2, 0.25) is 0 Å². The van der Waals surface area contributed by atoms with Crippen LogP contribution in [-0.4, -0.2) is 34.0 Å². The van der Waals surface area contributed by atoms with Crippen molar-refractivity contribution in [3.05, 3.63) is 34.6 Å². The summed E-state index contributed by atoms with van der Waals surface area (Å²) < 4.78 is 13.4. The van der Waals surface area contributed by atoms with Crippen LogP contribution in [0.1, 0.15) is 30.1 Å². The molecule has 0 spiro atoms. The first-order valence-corrected chi connectivity index (χ1v) is 6.30. The van der Waals surface area contributed by atoms with Crippen molar-refractivity contribution in [3.8, 4) is 0 Å². The molecule has 0 radical (unpaired) electrons. The first kappa shape index (κ1) is 13.8.